The van der Waals surface area contributed by atoms with Crippen molar-refractivity contribution in [3.8, 4) is 11.5 Å². The number of aromatic hydroxyl groups is 2. The summed E-state index contributed by atoms with van der Waals surface area (Å²) in [4.78, 5) is 44.9. The number of aromatic carboxylic acids is 2. The van der Waals surface area contributed by atoms with Crippen molar-refractivity contribution in [3.05, 3.63) is 94.0 Å². The number of benzene rings is 3. The van der Waals surface area contributed by atoms with Gasteiger partial charge in [-0.2, -0.15) is 0 Å². The van der Waals surface area contributed by atoms with E-state index in [1.807, 2.05) is 0 Å². The first-order valence-corrected chi connectivity index (χ1v) is 9.85. The standard InChI is InChI=1S/C24H20O10/c25-17-6-5-16(20(9-17)22(27)28)13-34-33-12-15-3-1-14(2-4-15)11-32-24(31)19-8-7-18(26)10-21(19)23(29)30/h1-10,25-26H,11-13H2,(H,27,28)(H,29,30). The first-order valence-electron chi connectivity index (χ1n) is 9.85. The summed E-state index contributed by atoms with van der Waals surface area (Å²) in [6.45, 7) is -0.170. The van der Waals surface area contributed by atoms with Crippen molar-refractivity contribution in [1.82, 2.24) is 0 Å². The van der Waals surface area contributed by atoms with E-state index in [1.165, 1.54) is 24.3 Å². The van der Waals surface area contributed by atoms with Gasteiger partial charge in [-0.15, -0.1) is 0 Å². The summed E-state index contributed by atoms with van der Waals surface area (Å²) >= 11 is 0. The van der Waals surface area contributed by atoms with Gasteiger partial charge in [-0.1, -0.05) is 30.3 Å². The second-order valence-electron chi connectivity index (χ2n) is 7.10. The summed E-state index contributed by atoms with van der Waals surface area (Å²) in [5.41, 5.74) is 1.08. The van der Waals surface area contributed by atoms with E-state index in [9.17, 15) is 29.7 Å². The number of carbonyl (C=O) groups excluding carboxylic acids is 1. The van der Waals surface area contributed by atoms with Gasteiger partial charge in [-0.3, -0.25) is 0 Å². The molecule has 0 aromatic heterocycles. The fourth-order valence-corrected chi connectivity index (χ4v) is 2.95. The molecule has 0 aliphatic heterocycles. The maximum absolute atomic E-state index is 12.2. The smallest absolute Gasteiger partial charge is 0.339 e. The Balaban J connectivity index is 1.49. The Labute approximate surface area is 193 Å². The van der Waals surface area contributed by atoms with Gasteiger partial charge in [0.25, 0.3) is 0 Å². The number of phenolic OH excluding ortho intramolecular Hbond substituents is 2. The van der Waals surface area contributed by atoms with E-state index in [0.29, 0.717) is 11.1 Å². The molecule has 4 N–H and O–H groups in total. The Kier molecular flexibility index (Phi) is 7.80. The van der Waals surface area contributed by atoms with Crippen molar-refractivity contribution in [2.75, 3.05) is 0 Å². The zero-order valence-electron chi connectivity index (χ0n) is 17.6. The molecule has 10 nitrogen and oxygen atoms in total. The topological polar surface area (TPSA) is 160 Å². The van der Waals surface area contributed by atoms with E-state index in [4.69, 9.17) is 19.6 Å². The predicted molar refractivity (Wildman–Crippen MR) is 115 cm³/mol. The van der Waals surface area contributed by atoms with E-state index in [1.54, 1.807) is 24.3 Å². The van der Waals surface area contributed by atoms with Gasteiger partial charge < -0.3 is 25.2 Å². The molecule has 0 spiro atoms. The second kappa shape index (κ2) is 10.9. The summed E-state index contributed by atoms with van der Waals surface area (Å²) in [6, 6.07) is 14.0. The molecule has 0 aliphatic rings. The zero-order valence-corrected chi connectivity index (χ0v) is 17.6. The quantitative estimate of drug-likeness (QED) is 0.150. The first-order chi connectivity index (χ1) is 16.2. The number of carboxylic acid groups (broad SMARTS) is 2. The van der Waals surface area contributed by atoms with Crippen molar-refractivity contribution in [1.29, 1.82) is 0 Å². The largest absolute Gasteiger partial charge is 0.508 e. The molecule has 0 fully saturated rings. The van der Waals surface area contributed by atoms with E-state index < -0.39 is 17.9 Å². The van der Waals surface area contributed by atoms with Gasteiger partial charge in [-0.05, 0) is 47.0 Å². The lowest BCUT2D eigenvalue weighted by Crippen LogP contribution is -2.11. The molecule has 10 heteroatoms. The van der Waals surface area contributed by atoms with E-state index in [0.717, 1.165) is 17.7 Å². The van der Waals surface area contributed by atoms with Crippen molar-refractivity contribution < 1.29 is 49.3 Å². The van der Waals surface area contributed by atoms with Gasteiger partial charge in [0.15, 0.2) is 0 Å². The fourth-order valence-electron chi connectivity index (χ4n) is 2.95. The third-order valence-electron chi connectivity index (χ3n) is 4.69. The van der Waals surface area contributed by atoms with Crippen LogP contribution in [0.1, 0.15) is 47.8 Å². The molecule has 3 aromatic rings. The Morgan fingerprint density at radius 3 is 1.76 bits per heavy atom. The number of carbonyl (C=O) groups is 3. The molecule has 0 saturated carbocycles. The lowest BCUT2D eigenvalue weighted by molar-refractivity contribution is -0.313. The minimum absolute atomic E-state index is 0.0655. The van der Waals surface area contributed by atoms with Crippen LogP contribution in [-0.2, 0) is 34.3 Å². The Bertz CT molecular complexity index is 1200. The molecular formula is C24H20O10. The number of phenols is 2. The molecule has 0 saturated heterocycles. The van der Waals surface area contributed by atoms with E-state index in [2.05, 4.69) is 0 Å². The number of carboxylic acids is 2. The summed E-state index contributed by atoms with van der Waals surface area (Å²) in [6.07, 6.45) is 0. The van der Waals surface area contributed by atoms with Crippen LogP contribution in [0.25, 0.3) is 0 Å². The molecule has 3 aromatic carbocycles. The highest BCUT2D eigenvalue weighted by atomic mass is 17.2. The van der Waals surface area contributed by atoms with Gasteiger partial charge in [0.2, 0.25) is 0 Å². The number of rotatable bonds is 10. The SMILES string of the molecule is O=C(O)c1cc(O)ccc1COOCc1ccc(COC(=O)c2ccc(O)cc2C(=O)O)cc1. The van der Waals surface area contributed by atoms with E-state index in [-0.39, 0.29) is 48.0 Å². The Hall–Kier alpha value is -4.41. The van der Waals surface area contributed by atoms with Gasteiger partial charge in [0.05, 0.1) is 16.7 Å². The Morgan fingerprint density at radius 2 is 1.15 bits per heavy atom. The highest BCUT2D eigenvalue weighted by Crippen LogP contribution is 2.19. The van der Waals surface area contributed by atoms with Crippen LogP contribution in [-0.4, -0.2) is 38.3 Å². The van der Waals surface area contributed by atoms with Crippen LogP contribution < -0.4 is 0 Å². The highest BCUT2D eigenvalue weighted by Gasteiger charge is 2.18. The van der Waals surface area contributed by atoms with Crippen molar-refractivity contribution >= 4 is 17.9 Å². The lowest BCUT2D eigenvalue weighted by atomic mass is 10.1. The summed E-state index contributed by atoms with van der Waals surface area (Å²) < 4.78 is 5.17. The number of esters is 1. The van der Waals surface area contributed by atoms with Crippen LogP contribution in [0.4, 0.5) is 0 Å². The summed E-state index contributed by atoms with van der Waals surface area (Å²) in [5.74, 6) is -3.85. The van der Waals surface area contributed by atoms with Crippen molar-refractivity contribution in [2.45, 2.75) is 19.8 Å². The molecule has 3 rings (SSSR count). The van der Waals surface area contributed by atoms with Crippen LogP contribution in [0.3, 0.4) is 0 Å². The molecule has 0 unspecified atom stereocenters. The molecule has 176 valence electrons. The van der Waals surface area contributed by atoms with Gasteiger partial charge >= 0.3 is 17.9 Å². The second-order valence-corrected chi connectivity index (χ2v) is 7.10. The molecule has 0 heterocycles. The van der Waals surface area contributed by atoms with Crippen LogP contribution >= 0.6 is 0 Å². The molecular weight excluding hydrogens is 448 g/mol. The van der Waals surface area contributed by atoms with Gasteiger partial charge in [0.1, 0.15) is 31.3 Å². The zero-order chi connectivity index (χ0) is 24.7. The van der Waals surface area contributed by atoms with Crippen LogP contribution in [0.5, 0.6) is 11.5 Å². The summed E-state index contributed by atoms with van der Waals surface area (Å²) in [5, 5.41) is 37.2. The fraction of sp³-hybridized carbons (Fsp3) is 0.125. The molecule has 0 atom stereocenters. The third-order valence-corrected chi connectivity index (χ3v) is 4.69. The third kappa shape index (κ3) is 6.31. The molecule has 0 bridgehead atoms. The average Bonchev–Trinajstić information content (AvgIpc) is 2.81. The lowest BCUT2D eigenvalue weighted by Gasteiger charge is -2.09. The minimum atomic E-state index is -1.36. The molecule has 0 aliphatic carbocycles. The molecule has 0 amide bonds. The predicted octanol–water partition coefficient (Wildman–Crippen LogP) is 3.50. The number of hydrogen-bond donors (Lipinski definition) is 4. The Morgan fingerprint density at radius 1 is 0.618 bits per heavy atom. The monoisotopic (exact) mass is 468 g/mol. The normalized spacial score (nSPS) is 10.6. The molecule has 0 radical (unpaired) electrons. The average molecular weight is 468 g/mol. The first kappa shape index (κ1) is 24.2. The van der Waals surface area contributed by atoms with Crippen LogP contribution in [0.2, 0.25) is 0 Å². The van der Waals surface area contributed by atoms with Crippen molar-refractivity contribution in [3.63, 3.8) is 0 Å². The molecule has 34 heavy (non-hydrogen) atoms. The van der Waals surface area contributed by atoms with Crippen molar-refractivity contribution in [2.24, 2.45) is 0 Å². The maximum Gasteiger partial charge on any atom is 0.339 e. The minimum Gasteiger partial charge on any atom is -0.508 e. The van der Waals surface area contributed by atoms with Gasteiger partial charge in [-0.25, -0.2) is 24.2 Å². The van der Waals surface area contributed by atoms with E-state index >= 15 is 0 Å². The van der Waals surface area contributed by atoms with Crippen LogP contribution in [0, 0.1) is 0 Å². The number of ether oxygens (including phenoxy) is 1. The van der Waals surface area contributed by atoms with Crippen LogP contribution in [0.15, 0.2) is 60.7 Å². The summed E-state index contributed by atoms with van der Waals surface area (Å²) in [7, 11) is 0. The highest BCUT2D eigenvalue weighted by molar-refractivity contribution is 6.02. The van der Waals surface area contributed by atoms with Gasteiger partial charge in [0, 0.05) is 0 Å². The maximum atomic E-state index is 12.2. The number of hydrogen-bond acceptors (Lipinski definition) is 8.